The number of nitrogens with one attached hydrogen (secondary N) is 2. The summed E-state index contributed by atoms with van der Waals surface area (Å²) in [5.41, 5.74) is 6.31. The smallest absolute Gasteiger partial charge is 0.326 e. The number of aromatic hydroxyl groups is 1. The molecule has 10 heteroatoms. The summed E-state index contributed by atoms with van der Waals surface area (Å²) >= 11 is 0. The zero-order chi connectivity index (χ0) is 15.3. The number of H-pyrrole nitrogens is 2. The van der Waals surface area contributed by atoms with E-state index in [1.807, 2.05) is 0 Å². The van der Waals surface area contributed by atoms with E-state index in [-0.39, 0.29) is 23.6 Å². The summed E-state index contributed by atoms with van der Waals surface area (Å²) in [7, 11) is 0. The summed E-state index contributed by atoms with van der Waals surface area (Å²) in [4.78, 5) is 28.6. The van der Waals surface area contributed by atoms with E-state index in [1.54, 1.807) is 12.3 Å². The summed E-state index contributed by atoms with van der Waals surface area (Å²) in [6, 6.07) is 0.263. The molecule has 0 amide bonds. The Balaban J connectivity index is 1.98. The molecule has 1 aliphatic rings. The van der Waals surface area contributed by atoms with Gasteiger partial charge >= 0.3 is 5.69 Å². The van der Waals surface area contributed by atoms with Crippen molar-refractivity contribution in [3.8, 4) is 5.88 Å². The lowest BCUT2D eigenvalue weighted by Gasteiger charge is -1.95. The number of anilines is 1. The standard InChI is InChI=1S/C12H12N8O2/c13-10-17-8-5(3-7-9(21)18-12(22)16-7)4-14-20(8)11(19-10)15-6-1-2-6/h3-4,6,21H,1-2H2,(H2,13,15,19)(H2,16,18,22)/b5-3-. The average Bonchev–Trinajstić information content (AvgIpc) is 3.09. The maximum atomic E-state index is 11.2. The van der Waals surface area contributed by atoms with Crippen LogP contribution in [0.15, 0.2) is 16.0 Å². The van der Waals surface area contributed by atoms with Crippen LogP contribution in [0.5, 0.6) is 5.88 Å². The maximum Gasteiger partial charge on any atom is 0.326 e. The van der Waals surface area contributed by atoms with Crippen molar-refractivity contribution in [1.29, 1.82) is 0 Å². The van der Waals surface area contributed by atoms with Crippen molar-refractivity contribution in [3.05, 3.63) is 33.2 Å². The molecule has 3 heterocycles. The van der Waals surface area contributed by atoms with Gasteiger partial charge in [-0.1, -0.05) is 0 Å². The second kappa shape index (κ2) is 4.41. The number of nitrogens with two attached hydrogens (primary N) is 1. The molecule has 0 saturated heterocycles. The van der Waals surface area contributed by atoms with Gasteiger partial charge in [0.2, 0.25) is 11.8 Å². The van der Waals surface area contributed by atoms with Gasteiger partial charge in [-0.3, -0.25) is 4.98 Å². The van der Waals surface area contributed by atoms with Crippen LogP contribution in [0.4, 0.5) is 5.95 Å². The number of hydrogen-bond acceptors (Lipinski definition) is 7. The largest absolute Gasteiger partial charge is 0.493 e. The predicted octanol–water partition coefficient (Wildman–Crippen LogP) is -1.96. The van der Waals surface area contributed by atoms with Crippen LogP contribution in [0.2, 0.25) is 0 Å². The number of aromatic amines is 2. The van der Waals surface area contributed by atoms with Gasteiger partial charge in [0.15, 0.2) is 5.65 Å². The van der Waals surface area contributed by atoms with Crippen molar-refractivity contribution >= 4 is 17.7 Å². The van der Waals surface area contributed by atoms with E-state index in [9.17, 15) is 9.90 Å². The summed E-state index contributed by atoms with van der Waals surface area (Å²) in [6.07, 6.45) is 5.15. The molecule has 0 aromatic carbocycles. The molecule has 112 valence electrons. The van der Waals surface area contributed by atoms with Crippen molar-refractivity contribution in [3.63, 3.8) is 0 Å². The van der Waals surface area contributed by atoms with Crippen LogP contribution >= 0.6 is 0 Å². The van der Waals surface area contributed by atoms with Crippen LogP contribution in [0.3, 0.4) is 0 Å². The minimum Gasteiger partial charge on any atom is -0.493 e. The van der Waals surface area contributed by atoms with Gasteiger partial charge in [0.05, 0.1) is 12.2 Å². The molecule has 0 atom stereocenters. The van der Waals surface area contributed by atoms with Crippen molar-refractivity contribution in [2.75, 3.05) is 5.73 Å². The molecule has 5 N–H and O–H groups in total. The van der Waals surface area contributed by atoms with E-state index >= 15 is 0 Å². The van der Waals surface area contributed by atoms with Crippen molar-refractivity contribution in [2.45, 2.75) is 18.9 Å². The zero-order valence-corrected chi connectivity index (χ0v) is 11.3. The van der Waals surface area contributed by atoms with Gasteiger partial charge < -0.3 is 15.8 Å². The number of hydrogen-bond donors (Lipinski definition) is 4. The molecule has 3 aromatic rings. The first-order valence-corrected chi connectivity index (χ1v) is 6.68. The molecule has 1 fully saturated rings. The highest BCUT2D eigenvalue weighted by Crippen LogP contribution is 2.22. The highest BCUT2D eigenvalue weighted by molar-refractivity contribution is 5.56. The van der Waals surface area contributed by atoms with Crippen molar-refractivity contribution in [2.24, 2.45) is 4.99 Å². The fourth-order valence-electron chi connectivity index (χ4n) is 2.10. The van der Waals surface area contributed by atoms with Crippen LogP contribution in [0.25, 0.3) is 11.7 Å². The SMILES string of the molecule is Nc1nc(=NC2CC2)n2nc/c(=C/c3[nH]c(=O)[nH]c3O)c2n1. The topological polar surface area (TPSA) is 150 Å². The molecule has 0 unspecified atom stereocenters. The molecule has 0 radical (unpaired) electrons. The number of rotatable bonds is 2. The number of nitrogens with zero attached hydrogens (tertiary/aromatic N) is 5. The first-order valence-electron chi connectivity index (χ1n) is 6.68. The molecule has 10 nitrogen and oxygen atoms in total. The molecule has 3 aromatic heterocycles. The third-order valence-corrected chi connectivity index (χ3v) is 3.28. The highest BCUT2D eigenvalue weighted by Gasteiger charge is 2.20. The quantitative estimate of drug-likeness (QED) is 0.431. The lowest BCUT2D eigenvalue weighted by molar-refractivity contribution is 0.454. The van der Waals surface area contributed by atoms with E-state index in [0.29, 0.717) is 16.5 Å². The molecule has 0 spiro atoms. The Morgan fingerprint density at radius 2 is 2.23 bits per heavy atom. The Morgan fingerprint density at radius 1 is 1.41 bits per heavy atom. The Hall–Kier alpha value is -3.17. The fraction of sp³-hybridized carbons (Fsp3) is 0.250. The second-order valence-electron chi connectivity index (χ2n) is 5.06. The molecule has 1 aliphatic carbocycles. The number of imidazole rings is 1. The Morgan fingerprint density at radius 3 is 2.91 bits per heavy atom. The normalized spacial score (nSPS) is 16.7. The lowest BCUT2D eigenvalue weighted by Crippen LogP contribution is -2.24. The van der Waals surface area contributed by atoms with Crippen molar-refractivity contribution in [1.82, 2.24) is 29.5 Å². The van der Waals surface area contributed by atoms with E-state index in [2.05, 4.69) is 30.0 Å². The highest BCUT2D eigenvalue weighted by atomic mass is 16.3. The van der Waals surface area contributed by atoms with E-state index in [1.165, 1.54) is 4.52 Å². The van der Waals surface area contributed by atoms with Gasteiger partial charge in [-0.2, -0.15) is 19.6 Å². The molecule has 0 bridgehead atoms. The third kappa shape index (κ3) is 2.10. The molecular weight excluding hydrogens is 288 g/mol. The van der Waals surface area contributed by atoms with E-state index < -0.39 is 5.69 Å². The lowest BCUT2D eigenvalue weighted by atomic mass is 10.3. The van der Waals surface area contributed by atoms with Crippen LogP contribution < -0.4 is 22.3 Å². The van der Waals surface area contributed by atoms with Crippen molar-refractivity contribution < 1.29 is 5.11 Å². The van der Waals surface area contributed by atoms with Gasteiger partial charge in [0.1, 0.15) is 5.69 Å². The van der Waals surface area contributed by atoms with Gasteiger partial charge in [-0.25, -0.2) is 9.79 Å². The average molecular weight is 300 g/mol. The summed E-state index contributed by atoms with van der Waals surface area (Å²) in [5.74, 6) is -0.164. The molecule has 1 saturated carbocycles. The van der Waals surface area contributed by atoms with Crippen LogP contribution in [-0.2, 0) is 0 Å². The Kier molecular flexibility index (Phi) is 2.52. The first-order chi connectivity index (χ1) is 10.6. The summed E-state index contributed by atoms with van der Waals surface area (Å²) < 4.78 is 1.49. The summed E-state index contributed by atoms with van der Waals surface area (Å²) in [6.45, 7) is 0. The molecule has 22 heavy (non-hydrogen) atoms. The van der Waals surface area contributed by atoms with Gasteiger partial charge in [0.25, 0.3) is 5.62 Å². The molecule has 0 aliphatic heterocycles. The van der Waals surface area contributed by atoms with Crippen LogP contribution in [-0.4, -0.2) is 40.7 Å². The first kappa shape index (κ1) is 12.6. The van der Waals surface area contributed by atoms with Gasteiger partial charge in [-0.05, 0) is 18.9 Å². The predicted molar refractivity (Wildman–Crippen MR) is 75.6 cm³/mol. The second-order valence-corrected chi connectivity index (χ2v) is 5.06. The maximum absolute atomic E-state index is 11.2. The molecular formula is C12H12N8O2. The third-order valence-electron chi connectivity index (χ3n) is 3.28. The minimum absolute atomic E-state index is 0.0915. The van der Waals surface area contributed by atoms with E-state index in [0.717, 1.165) is 12.8 Å². The number of nitrogen functional groups attached to an aromatic ring is 1. The minimum atomic E-state index is -0.501. The fourth-order valence-corrected chi connectivity index (χ4v) is 2.10. The summed E-state index contributed by atoms with van der Waals surface area (Å²) in [5, 5.41) is 14.4. The van der Waals surface area contributed by atoms with Crippen LogP contribution in [0.1, 0.15) is 18.5 Å². The van der Waals surface area contributed by atoms with Gasteiger partial charge in [0, 0.05) is 5.22 Å². The van der Waals surface area contributed by atoms with Crippen LogP contribution in [0, 0.1) is 0 Å². The zero-order valence-electron chi connectivity index (χ0n) is 11.3. The van der Waals surface area contributed by atoms with Gasteiger partial charge in [-0.15, -0.1) is 0 Å². The molecule has 4 rings (SSSR count). The monoisotopic (exact) mass is 300 g/mol. The number of fused-ring (bicyclic) bond motifs is 1. The Labute approximate surface area is 122 Å². The number of aromatic nitrogens is 6. The Bertz CT molecular complexity index is 1040. The van der Waals surface area contributed by atoms with E-state index in [4.69, 9.17) is 5.73 Å².